The van der Waals surface area contributed by atoms with E-state index in [1.807, 2.05) is 6.92 Å². The van der Waals surface area contributed by atoms with Crippen molar-refractivity contribution in [2.24, 2.45) is 0 Å². The van der Waals surface area contributed by atoms with Crippen LogP contribution in [0, 0.1) is 0 Å². The highest BCUT2D eigenvalue weighted by Gasteiger charge is 2.06. The lowest BCUT2D eigenvalue weighted by molar-refractivity contribution is -0.116. The summed E-state index contributed by atoms with van der Waals surface area (Å²) in [5, 5.41) is 0.175. The van der Waals surface area contributed by atoms with Gasteiger partial charge >= 0.3 is 0 Å². The molecule has 0 fully saturated rings. The van der Waals surface area contributed by atoms with Gasteiger partial charge in [0.25, 0.3) is 0 Å². The van der Waals surface area contributed by atoms with Gasteiger partial charge in [0.2, 0.25) is 0 Å². The summed E-state index contributed by atoms with van der Waals surface area (Å²) in [6, 6.07) is 0. The molecule has 2 heteroatoms. The zero-order valence-corrected chi connectivity index (χ0v) is 15.1. The minimum Gasteiger partial charge on any atom is -0.299 e. The van der Waals surface area contributed by atoms with Crippen LogP contribution in [0.4, 0.5) is 0 Å². The van der Waals surface area contributed by atoms with Crippen LogP contribution < -0.4 is 0 Å². The Hall–Kier alpha value is -0.500. The Morgan fingerprint density at radius 3 is 2.14 bits per heavy atom. The van der Waals surface area contributed by atoms with E-state index in [2.05, 4.69) is 31.2 Å². The first kappa shape index (κ1) is 20.5. The van der Waals surface area contributed by atoms with Crippen LogP contribution in [-0.2, 0) is 4.79 Å². The third kappa shape index (κ3) is 15.7. The number of unbranched alkanes of at least 4 members (excludes halogenated alkanes) is 6. The average molecular weight is 311 g/mol. The largest absolute Gasteiger partial charge is 0.299 e. The van der Waals surface area contributed by atoms with E-state index in [9.17, 15) is 4.79 Å². The van der Waals surface area contributed by atoms with Crippen molar-refractivity contribution in [3.8, 4) is 0 Å². The second kappa shape index (κ2) is 15.9. The maximum Gasteiger partial charge on any atom is 0.142 e. The maximum absolute atomic E-state index is 11.1. The monoisotopic (exact) mass is 310 g/mol. The first-order chi connectivity index (χ1) is 10.2. The van der Waals surface area contributed by atoms with Crippen molar-refractivity contribution in [1.82, 2.24) is 0 Å². The molecule has 0 spiro atoms. The predicted octanol–water partition coefficient (Wildman–Crippen LogP) is 6.34. The molecule has 0 N–H and O–H groups in total. The van der Waals surface area contributed by atoms with E-state index in [0.717, 1.165) is 12.2 Å². The van der Waals surface area contributed by atoms with Crippen LogP contribution in [0.1, 0.15) is 78.6 Å². The number of hydrogen-bond acceptors (Lipinski definition) is 2. The standard InChI is InChI=1S/C19H34OS/c1-4-5-6-7-8-9-10-11-12-13-14-15-16-17-21-19(3)18(2)20/h8-9,11-12,19H,4-7,10,13-17H2,1-3H3/b9-8-,12-11-. The van der Waals surface area contributed by atoms with Gasteiger partial charge in [-0.25, -0.2) is 0 Å². The average Bonchev–Trinajstić information content (AvgIpc) is 2.47. The number of allylic oxidation sites excluding steroid dienone is 4. The summed E-state index contributed by atoms with van der Waals surface area (Å²) in [5.74, 6) is 1.41. The Labute approximate surface area is 136 Å². The van der Waals surface area contributed by atoms with Crippen LogP contribution in [0.5, 0.6) is 0 Å². The van der Waals surface area contributed by atoms with Crippen molar-refractivity contribution in [3.05, 3.63) is 24.3 Å². The summed E-state index contributed by atoms with van der Waals surface area (Å²) in [7, 11) is 0. The molecule has 0 saturated carbocycles. The molecule has 0 aromatic heterocycles. The topological polar surface area (TPSA) is 17.1 Å². The van der Waals surface area contributed by atoms with Gasteiger partial charge in [-0.15, -0.1) is 0 Å². The second-order valence-corrected chi connectivity index (χ2v) is 7.10. The minimum absolute atomic E-state index is 0.175. The number of carbonyl (C=O) groups is 1. The lowest BCUT2D eigenvalue weighted by Gasteiger charge is -2.06. The molecule has 0 aromatic carbocycles. The molecule has 0 bridgehead atoms. The molecule has 0 saturated heterocycles. The molecule has 0 heterocycles. The summed E-state index contributed by atoms with van der Waals surface area (Å²) in [4.78, 5) is 11.1. The van der Waals surface area contributed by atoms with Gasteiger partial charge in [0.1, 0.15) is 5.78 Å². The predicted molar refractivity (Wildman–Crippen MR) is 98.1 cm³/mol. The highest BCUT2D eigenvalue weighted by molar-refractivity contribution is 8.00. The molecule has 0 aliphatic carbocycles. The van der Waals surface area contributed by atoms with Crippen molar-refractivity contribution in [3.63, 3.8) is 0 Å². The molecule has 0 amide bonds. The fourth-order valence-electron chi connectivity index (χ4n) is 1.94. The number of ketones is 1. The molecule has 1 unspecified atom stereocenters. The quantitative estimate of drug-likeness (QED) is 0.275. The van der Waals surface area contributed by atoms with Gasteiger partial charge in [0.05, 0.1) is 5.25 Å². The molecule has 0 rings (SSSR count). The molecular formula is C19H34OS. The van der Waals surface area contributed by atoms with Crippen LogP contribution in [0.3, 0.4) is 0 Å². The molecule has 21 heavy (non-hydrogen) atoms. The second-order valence-electron chi connectivity index (χ2n) is 5.65. The molecule has 0 aliphatic heterocycles. The van der Waals surface area contributed by atoms with Gasteiger partial charge in [-0.1, -0.05) is 50.5 Å². The zero-order valence-electron chi connectivity index (χ0n) is 14.3. The van der Waals surface area contributed by atoms with Crippen molar-refractivity contribution in [2.45, 2.75) is 83.8 Å². The fraction of sp³-hybridized carbons (Fsp3) is 0.737. The summed E-state index contributed by atoms with van der Waals surface area (Å²) in [5.41, 5.74) is 0. The van der Waals surface area contributed by atoms with Crippen LogP contribution in [0.2, 0.25) is 0 Å². The Morgan fingerprint density at radius 1 is 0.952 bits per heavy atom. The van der Waals surface area contributed by atoms with Crippen LogP contribution in [0.25, 0.3) is 0 Å². The summed E-state index contributed by atoms with van der Waals surface area (Å²) >= 11 is 1.79. The Kier molecular flexibility index (Phi) is 15.5. The first-order valence-corrected chi connectivity index (χ1v) is 9.65. The molecule has 1 nitrogen and oxygen atoms in total. The Bertz CT molecular complexity index is 294. The smallest absolute Gasteiger partial charge is 0.142 e. The van der Waals surface area contributed by atoms with E-state index in [0.29, 0.717) is 5.78 Å². The number of Topliss-reactive ketones (excluding diaryl/α,β-unsaturated/α-hetero) is 1. The number of hydrogen-bond donors (Lipinski definition) is 0. The lowest BCUT2D eigenvalue weighted by atomic mass is 10.2. The summed E-state index contributed by atoms with van der Waals surface area (Å²) in [6.45, 7) is 5.93. The van der Waals surface area contributed by atoms with Crippen molar-refractivity contribution in [2.75, 3.05) is 5.75 Å². The molecule has 1 atom stereocenters. The molecule has 0 radical (unpaired) electrons. The first-order valence-electron chi connectivity index (χ1n) is 8.60. The number of rotatable bonds is 14. The van der Waals surface area contributed by atoms with E-state index < -0.39 is 0 Å². The lowest BCUT2D eigenvalue weighted by Crippen LogP contribution is -2.08. The summed E-state index contributed by atoms with van der Waals surface area (Å²) in [6.07, 6.45) is 20.4. The maximum atomic E-state index is 11.1. The zero-order chi connectivity index (χ0) is 15.8. The fourth-order valence-corrected chi connectivity index (χ4v) is 2.90. The normalized spacial score (nSPS) is 13.3. The van der Waals surface area contributed by atoms with E-state index in [1.165, 1.54) is 51.4 Å². The van der Waals surface area contributed by atoms with Gasteiger partial charge in [0, 0.05) is 0 Å². The van der Waals surface area contributed by atoms with Crippen LogP contribution >= 0.6 is 11.8 Å². The third-order valence-corrected chi connectivity index (χ3v) is 4.89. The Morgan fingerprint density at radius 2 is 1.57 bits per heavy atom. The van der Waals surface area contributed by atoms with Crippen LogP contribution in [-0.4, -0.2) is 16.8 Å². The van der Waals surface area contributed by atoms with Crippen molar-refractivity contribution in [1.29, 1.82) is 0 Å². The van der Waals surface area contributed by atoms with Gasteiger partial charge in [0.15, 0.2) is 0 Å². The molecule has 0 aliphatic rings. The van der Waals surface area contributed by atoms with Gasteiger partial charge in [-0.3, -0.25) is 4.79 Å². The number of thioether (sulfide) groups is 1. The van der Waals surface area contributed by atoms with Crippen molar-refractivity contribution >= 4 is 17.5 Å². The van der Waals surface area contributed by atoms with E-state index in [4.69, 9.17) is 0 Å². The molecule has 0 aromatic rings. The molecule has 122 valence electrons. The Balaban J connectivity index is 3.27. The highest BCUT2D eigenvalue weighted by Crippen LogP contribution is 2.14. The van der Waals surface area contributed by atoms with Gasteiger partial charge < -0.3 is 0 Å². The summed E-state index contributed by atoms with van der Waals surface area (Å²) < 4.78 is 0. The SMILES string of the molecule is CCCCC/C=C\C/C=C\CCCCCSC(C)C(C)=O. The van der Waals surface area contributed by atoms with E-state index in [-0.39, 0.29) is 5.25 Å². The number of carbonyl (C=O) groups excluding carboxylic acids is 1. The third-order valence-electron chi connectivity index (χ3n) is 3.54. The van der Waals surface area contributed by atoms with Gasteiger partial charge in [-0.2, -0.15) is 11.8 Å². The minimum atomic E-state index is 0.175. The van der Waals surface area contributed by atoms with Crippen molar-refractivity contribution < 1.29 is 4.79 Å². The van der Waals surface area contributed by atoms with Crippen LogP contribution in [0.15, 0.2) is 24.3 Å². The van der Waals surface area contributed by atoms with E-state index >= 15 is 0 Å². The van der Waals surface area contributed by atoms with Gasteiger partial charge in [-0.05, 0) is 58.1 Å². The highest BCUT2D eigenvalue weighted by atomic mass is 32.2. The van der Waals surface area contributed by atoms with E-state index in [1.54, 1.807) is 18.7 Å². The molecular weight excluding hydrogens is 276 g/mol.